The van der Waals surface area contributed by atoms with Crippen molar-refractivity contribution in [2.24, 2.45) is 11.7 Å². The van der Waals surface area contributed by atoms with Gasteiger partial charge in [-0.1, -0.05) is 13.8 Å². The molecule has 3 nitrogen and oxygen atoms in total. The average Bonchev–Trinajstić information content (AvgIpc) is 2.74. The molecule has 2 aliphatic heterocycles. The highest BCUT2D eigenvalue weighted by Gasteiger charge is 2.43. The van der Waals surface area contributed by atoms with Gasteiger partial charge in [-0.15, -0.1) is 0 Å². The third kappa shape index (κ3) is 1.44. The Labute approximate surface area is 85.6 Å². The van der Waals surface area contributed by atoms with E-state index in [1.54, 1.807) is 0 Å². The normalized spacial score (nSPS) is 32.7. The van der Waals surface area contributed by atoms with Crippen LogP contribution < -0.4 is 5.73 Å². The zero-order valence-corrected chi connectivity index (χ0v) is 9.07. The molecule has 1 atom stereocenters. The van der Waals surface area contributed by atoms with Crippen molar-refractivity contribution in [3.63, 3.8) is 0 Å². The highest BCUT2D eigenvalue weighted by atomic mass is 16.2. The van der Waals surface area contributed by atoms with Gasteiger partial charge in [-0.25, -0.2) is 0 Å². The number of rotatable bonds is 2. The van der Waals surface area contributed by atoms with Crippen LogP contribution in [0.15, 0.2) is 0 Å². The molecule has 2 heterocycles. The van der Waals surface area contributed by atoms with Gasteiger partial charge in [0, 0.05) is 12.1 Å². The van der Waals surface area contributed by atoms with Gasteiger partial charge in [0.05, 0.1) is 6.04 Å². The van der Waals surface area contributed by atoms with Crippen LogP contribution in [-0.4, -0.2) is 28.9 Å². The second-order valence-corrected chi connectivity index (χ2v) is 4.98. The standard InChI is InChI=1S/C11H20N2O/c1-7(2)10(12)11(14)13-8-3-4-9(13)6-5-8/h7-10H,3-6,12H2,1-2H3. The van der Waals surface area contributed by atoms with Gasteiger partial charge in [0.25, 0.3) is 0 Å². The second-order valence-electron chi connectivity index (χ2n) is 4.98. The molecule has 0 saturated carbocycles. The predicted molar refractivity (Wildman–Crippen MR) is 55.7 cm³/mol. The minimum absolute atomic E-state index is 0.185. The molecule has 2 rings (SSSR count). The largest absolute Gasteiger partial charge is 0.335 e. The number of hydrogen-bond acceptors (Lipinski definition) is 2. The van der Waals surface area contributed by atoms with Gasteiger partial charge < -0.3 is 10.6 Å². The minimum Gasteiger partial charge on any atom is -0.335 e. The maximum Gasteiger partial charge on any atom is 0.240 e. The first-order valence-electron chi connectivity index (χ1n) is 5.69. The summed E-state index contributed by atoms with van der Waals surface area (Å²) in [6.45, 7) is 4.03. The summed E-state index contributed by atoms with van der Waals surface area (Å²) < 4.78 is 0. The highest BCUT2D eigenvalue weighted by Crippen LogP contribution is 2.37. The van der Waals surface area contributed by atoms with Crippen molar-refractivity contribution in [1.82, 2.24) is 4.90 Å². The molecule has 1 amide bonds. The number of carbonyl (C=O) groups excluding carboxylic acids is 1. The SMILES string of the molecule is CC(C)C(N)C(=O)N1C2CCC1CC2. The maximum absolute atomic E-state index is 12.0. The van der Waals surface area contributed by atoms with E-state index in [4.69, 9.17) is 5.73 Å². The Kier molecular flexibility index (Phi) is 2.52. The van der Waals surface area contributed by atoms with Crippen LogP contribution in [0.2, 0.25) is 0 Å². The third-order valence-corrected chi connectivity index (χ3v) is 3.71. The number of nitrogens with two attached hydrogens (primary N) is 1. The molecule has 3 heteroatoms. The Morgan fingerprint density at radius 2 is 1.64 bits per heavy atom. The fourth-order valence-electron chi connectivity index (χ4n) is 2.73. The average molecular weight is 196 g/mol. The molecular weight excluding hydrogens is 176 g/mol. The van der Waals surface area contributed by atoms with Gasteiger partial charge in [0.2, 0.25) is 5.91 Å². The minimum atomic E-state index is -0.295. The summed E-state index contributed by atoms with van der Waals surface area (Å²) >= 11 is 0. The molecule has 2 aliphatic rings. The van der Waals surface area contributed by atoms with Gasteiger partial charge in [-0.05, 0) is 31.6 Å². The van der Waals surface area contributed by atoms with E-state index in [0.29, 0.717) is 12.1 Å². The van der Waals surface area contributed by atoms with E-state index < -0.39 is 0 Å². The third-order valence-electron chi connectivity index (χ3n) is 3.71. The molecular formula is C11H20N2O. The summed E-state index contributed by atoms with van der Waals surface area (Å²) in [5, 5.41) is 0. The highest BCUT2D eigenvalue weighted by molar-refractivity contribution is 5.83. The van der Waals surface area contributed by atoms with Crippen molar-refractivity contribution < 1.29 is 4.79 Å². The Hall–Kier alpha value is -0.570. The van der Waals surface area contributed by atoms with Crippen LogP contribution in [0.5, 0.6) is 0 Å². The molecule has 1 unspecified atom stereocenters. The van der Waals surface area contributed by atoms with Crippen LogP contribution in [0.1, 0.15) is 39.5 Å². The monoisotopic (exact) mass is 196 g/mol. The first-order chi connectivity index (χ1) is 6.61. The number of amides is 1. The molecule has 0 aromatic carbocycles. The van der Waals surface area contributed by atoms with Crippen LogP contribution in [0.25, 0.3) is 0 Å². The van der Waals surface area contributed by atoms with Crippen LogP contribution in [-0.2, 0) is 4.79 Å². The Morgan fingerprint density at radius 1 is 1.21 bits per heavy atom. The fraction of sp³-hybridized carbons (Fsp3) is 0.909. The maximum atomic E-state index is 12.0. The van der Waals surface area contributed by atoms with Crippen molar-refractivity contribution in [2.45, 2.75) is 57.7 Å². The van der Waals surface area contributed by atoms with E-state index in [-0.39, 0.29) is 17.9 Å². The quantitative estimate of drug-likeness (QED) is 0.719. The molecule has 0 radical (unpaired) electrons. The summed E-state index contributed by atoms with van der Waals surface area (Å²) in [5.41, 5.74) is 5.90. The van der Waals surface area contributed by atoms with Crippen molar-refractivity contribution in [3.05, 3.63) is 0 Å². The molecule has 80 valence electrons. The molecule has 0 aromatic rings. The van der Waals surface area contributed by atoms with E-state index in [1.807, 2.05) is 13.8 Å². The van der Waals surface area contributed by atoms with Gasteiger partial charge in [-0.3, -0.25) is 4.79 Å². The lowest BCUT2D eigenvalue weighted by atomic mass is 10.0. The zero-order valence-electron chi connectivity index (χ0n) is 9.07. The lowest BCUT2D eigenvalue weighted by Crippen LogP contribution is -2.48. The van der Waals surface area contributed by atoms with Crippen LogP contribution in [0.3, 0.4) is 0 Å². The first-order valence-corrected chi connectivity index (χ1v) is 5.69. The first kappa shape index (κ1) is 9.97. The number of hydrogen-bond donors (Lipinski definition) is 1. The van der Waals surface area contributed by atoms with Gasteiger partial charge in [0.1, 0.15) is 0 Å². The Morgan fingerprint density at radius 3 is 2.00 bits per heavy atom. The topological polar surface area (TPSA) is 46.3 Å². The molecule has 0 spiro atoms. The van der Waals surface area contributed by atoms with Gasteiger partial charge in [0.15, 0.2) is 0 Å². The smallest absolute Gasteiger partial charge is 0.240 e. The van der Waals surface area contributed by atoms with Gasteiger partial charge in [-0.2, -0.15) is 0 Å². The predicted octanol–water partition coefficient (Wildman–Crippen LogP) is 1.12. The molecule has 2 bridgehead atoms. The number of nitrogens with zero attached hydrogens (tertiary/aromatic N) is 1. The Balaban J connectivity index is 2.05. The van der Waals surface area contributed by atoms with Crippen LogP contribution in [0, 0.1) is 5.92 Å². The molecule has 0 aliphatic carbocycles. The molecule has 2 fully saturated rings. The van der Waals surface area contributed by atoms with E-state index >= 15 is 0 Å². The zero-order chi connectivity index (χ0) is 10.3. The van der Waals surface area contributed by atoms with Crippen molar-refractivity contribution in [1.29, 1.82) is 0 Å². The summed E-state index contributed by atoms with van der Waals surface area (Å²) in [4.78, 5) is 14.1. The van der Waals surface area contributed by atoms with Crippen molar-refractivity contribution in [2.75, 3.05) is 0 Å². The number of fused-ring (bicyclic) bond motifs is 2. The molecule has 14 heavy (non-hydrogen) atoms. The van der Waals surface area contributed by atoms with Gasteiger partial charge >= 0.3 is 0 Å². The lowest BCUT2D eigenvalue weighted by Gasteiger charge is -2.27. The van der Waals surface area contributed by atoms with E-state index in [1.165, 1.54) is 25.7 Å². The molecule has 2 saturated heterocycles. The summed E-state index contributed by atoms with van der Waals surface area (Å²) in [6.07, 6.45) is 4.78. The summed E-state index contributed by atoms with van der Waals surface area (Å²) in [6, 6.07) is 0.728. The van der Waals surface area contributed by atoms with Crippen LogP contribution >= 0.6 is 0 Å². The summed E-state index contributed by atoms with van der Waals surface area (Å²) in [7, 11) is 0. The number of carbonyl (C=O) groups is 1. The van der Waals surface area contributed by atoms with E-state index in [0.717, 1.165) is 0 Å². The second kappa shape index (κ2) is 3.54. The summed E-state index contributed by atoms with van der Waals surface area (Å²) in [5.74, 6) is 0.438. The van der Waals surface area contributed by atoms with Crippen molar-refractivity contribution >= 4 is 5.91 Å². The lowest BCUT2D eigenvalue weighted by molar-refractivity contribution is -0.134. The van der Waals surface area contributed by atoms with E-state index in [2.05, 4.69) is 4.90 Å². The molecule has 0 aromatic heterocycles. The van der Waals surface area contributed by atoms with E-state index in [9.17, 15) is 4.79 Å². The van der Waals surface area contributed by atoms with Crippen LogP contribution in [0.4, 0.5) is 0 Å². The van der Waals surface area contributed by atoms with Crippen molar-refractivity contribution in [3.8, 4) is 0 Å². The molecule has 2 N–H and O–H groups in total. The Bertz CT molecular complexity index is 219. The fourth-order valence-corrected chi connectivity index (χ4v) is 2.73.